The van der Waals surface area contributed by atoms with Crippen LogP contribution in [0.2, 0.25) is 0 Å². The number of nitrogens with zero attached hydrogens (tertiary/aromatic N) is 4. The van der Waals surface area contributed by atoms with Crippen molar-refractivity contribution in [3.8, 4) is 11.6 Å². The molecule has 0 bridgehead atoms. The summed E-state index contributed by atoms with van der Waals surface area (Å²) in [5.41, 5.74) is 9.43. The van der Waals surface area contributed by atoms with Crippen molar-refractivity contribution in [1.82, 2.24) is 4.98 Å². The summed E-state index contributed by atoms with van der Waals surface area (Å²) in [4.78, 5) is 25.8. The molecule has 0 saturated carbocycles. The third-order valence-electron chi connectivity index (χ3n) is 5.39. The van der Waals surface area contributed by atoms with Gasteiger partial charge in [-0.1, -0.05) is 6.92 Å². The summed E-state index contributed by atoms with van der Waals surface area (Å²) in [6.07, 6.45) is 2.49. The first-order chi connectivity index (χ1) is 17.2. The lowest BCUT2D eigenvalue weighted by Gasteiger charge is -2.36. The molecule has 1 aromatic heterocycles. The molecule has 0 spiro atoms. The molecule has 11 heteroatoms. The van der Waals surface area contributed by atoms with E-state index in [1.165, 1.54) is 4.90 Å². The Bertz CT molecular complexity index is 1280. The van der Waals surface area contributed by atoms with Crippen LogP contribution in [0.3, 0.4) is 0 Å². The second-order valence-corrected chi connectivity index (χ2v) is 8.33. The molecule has 0 fully saturated rings. The van der Waals surface area contributed by atoms with Crippen LogP contribution < -0.4 is 25.0 Å². The molecule has 0 saturated heterocycles. The molecule has 8 nitrogen and oxygen atoms in total. The van der Waals surface area contributed by atoms with Gasteiger partial charge in [-0.05, 0) is 60.3 Å². The highest BCUT2D eigenvalue weighted by Gasteiger charge is 2.34. The number of rotatable bonds is 8. The Labute approximate surface area is 214 Å². The lowest BCUT2D eigenvalue weighted by Crippen LogP contribution is -2.45. The second kappa shape index (κ2) is 10.4. The SMILES string of the molecule is [B]C([B])([B])Oc1ccc(N2C(=O)N(c3ccc(N)c(C=NC)c3)Cc3ccc(OCCC)nc32)cc1. The van der Waals surface area contributed by atoms with Crippen molar-refractivity contribution in [2.45, 2.75) is 25.2 Å². The quantitative estimate of drug-likeness (QED) is 0.307. The molecular weight excluding hydrogens is 451 g/mol. The highest BCUT2D eigenvalue weighted by molar-refractivity contribution is 6.58. The Hall–Kier alpha value is -3.88. The Balaban J connectivity index is 1.77. The fourth-order valence-corrected chi connectivity index (χ4v) is 3.80. The Morgan fingerprint density at radius 2 is 1.83 bits per heavy atom. The summed E-state index contributed by atoms with van der Waals surface area (Å²) < 4.78 is 11.0. The van der Waals surface area contributed by atoms with Crippen molar-refractivity contribution >= 4 is 58.7 Å². The summed E-state index contributed by atoms with van der Waals surface area (Å²) >= 11 is 0. The maximum absolute atomic E-state index is 13.9. The minimum Gasteiger partial charge on any atom is -0.516 e. The number of pyridine rings is 1. The van der Waals surface area contributed by atoms with Gasteiger partial charge in [0.15, 0.2) is 0 Å². The Morgan fingerprint density at radius 1 is 1.11 bits per heavy atom. The number of hydrogen-bond acceptors (Lipinski definition) is 6. The first-order valence-electron chi connectivity index (χ1n) is 11.4. The average Bonchev–Trinajstić information content (AvgIpc) is 2.84. The van der Waals surface area contributed by atoms with Gasteiger partial charge in [0.2, 0.25) is 5.88 Å². The summed E-state index contributed by atoms with van der Waals surface area (Å²) in [6, 6.07) is 15.4. The molecular formula is C25H24B3N5O3. The average molecular weight is 475 g/mol. The number of fused-ring (bicyclic) bond motifs is 1. The normalized spacial score (nSPS) is 13.7. The van der Waals surface area contributed by atoms with Gasteiger partial charge in [0.05, 0.1) is 18.8 Å². The third kappa shape index (κ3) is 5.51. The molecule has 6 radical (unpaired) electrons. The van der Waals surface area contributed by atoms with Crippen molar-refractivity contribution in [2.75, 3.05) is 29.2 Å². The zero-order valence-corrected chi connectivity index (χ0v) is 20.2. The Kier molecular flexibility index (Phi) is 7.28. The standard InChI is InChI=1S/C25H24B3N5O3/c1-3-12-35-22-11-4-16-15-32(19-7-10-21(29)17(13-19)14-30-2)24(34)33(23(16)31-22)18-5-8-20(9-6-18)36-25(26,27)28/h4-11,13-14H,3,12,15,29H2,1-2H3. The molecule has 1 aliphatic heterocycles. The molecule has 2 heterocycles. The van der Waals surface area contributed by atoms with Crippen LogP contribution >= 0.6 is 0 Å². The number of benzene rings is 2. The highest BCUT2D eigenvalue weighted by Crippen LogP contribution is 2.38. The topological polar surface area (TPSA) is 93.3 Å². The van der Waals surface area contributed by atoms with Crippen LogP contribution in [-0.4, -0.2) is 59.7 Å². The van der Waals surface area contributed by atoms with E-state index in [0.29, 0.717) is 47.7 Å². The van der Waals surface area contributed by atoms with E-state index in [-0.39, 0.29) is 6.03 Å². The van der Waals surface area contributed by atoms with E-state index in [2.05, 4.69) is 9.98 Å². The molecule has 0 aliphatic carbocycles. The minimum atomic E-state index is -1.83. The van der Waals surface area contributed by atoms with Gasteiger partial charge < -0.3 is 15.2 Å². The van der Waals surface area contributed by atoms with E-state index < -0.39 is 5.30 Å². The van der Waals surface area contributed by atoms with Crippen molar-refractivity contribution in [3.05, 3.63) is 65.7 Å². The van der Waals surface area contributed by atoms with Crippen molar-refractivity contribution in [3.63, 3.8) is 0 Å². The summed E-state index contributed by atoms with van der Waals surface area (Å²) in [5, 5.41) is -1.83. The minimum absolute atomic E-state index is 0.300. The summed E-state index contributed by atoms with van der Waals surface area (Å²) in [6.45, 7) is 2.85. The molecule has 176 valence electrons. The van der Waals surface area contributed by atoms with Crippen LogP contribution in [0.1, 0.15) is 24.5 Å². The van der Waals surface area contributed by atoms with Gasteiger partial charge in [-0.25, -0.2) is 9.69 Å². The lowest BCUT2D eigenvalue weighted by molar-refractivity contribution is 0.252. The fraction of sp³-hybridized carbons (Fsp3) is 0.240. The van der Waals surface area contributed by atoms with Gasteiger partial charge in [0, 0.05) is 41.8 Å². The highest BCUT2D eigenvalue weighted by atomic mass is 16.5. The molecule has 1 aliphatic rings. The molecule has 0 unspecified atom stereocenters. The van der Waals surface area contributed by atoms with Crippen molar-refractivity contribution in [2.24, 2.45) is 4.99 Å². The van der Waals surface area contributed by atoms with E-state index in [0.717, 1.165) is 17.5 Å². The van der Waals surface area contributed by atoms with Crippen LogP contribution in [0, 0.1) is 0 Å². The van der Waals surface area contributed by atoms with Gasteiger partial charge in [-0.15, -0.1) is 0 Å². The molecule has 3 aromatic rings. The number of nitrogens with two attached hydrogens (primary N) is 1. The van der Waals surface area contributed by atoms with E-state index in [9.17, 15) is 4.79 Å². The number of aromatic nitrogens is 1. The Morgan fingerprint density at radius 3 is 2.50 bits per heavy atom. The van der Waals surface area contributed by atoms with Gasteiger partial charge in [0.25, 0.3) is 0 Å². The van der Waals surface area contributed by atoms with Crippen LogP contribution in [0.5, 0.6) is 11.6 Å². The number of carbonyl (C=O) groups is 1. The predicted octanol–water partition coefficient (Wildman–Crippen LogP) is 3.28. The zero-order valence-electron chi connectivity index (χ0n) is 20.2. The van der Waals surface area contributed by atoms with Gasteiger partial charge >= 0.3 is 6.03 Å². The first kappa shape index (κ1) is 25.2. The monoisotopic (exact) mass is 475 g/mol. The lowest BCUT2D eigenvalue weighted by atomic mass is 9.52. The number of urea groups is 1. The second-order valence-electron chi connectivity index (χ2n) is 8.33. The third-order valence-corrected chi connectivity index (χ3v) is 5.39. The van der Waals surface area contributed by atoms with Crippen LogP contribution in [0.15, 0.2) is 59.6 Å². The number of amides is 2. The van der Waals surface area contributed by atoms with E-state index in [1.54, 1.807) is 60.6 Å². The van der Waals surface area contributed by atoms with Crippen molar-refractivity contribution in [1.29, 1.82) is 0 Å². The van der Waals surface area contributed by atoms with Gasteiger partial charge in [-0.3, -0.25) is 9.89 Å². The van der Waals surface area contributed by atoms with Gasteiger partial charge in [-0.2, -0.15) is 4.98 Å². The number of nitrogen functional groups attached to an aromatic ring is 1. The molecule has 36 heavy (non-hydrogen) atoms. The van der Waals surface area contributed by atoms with Crippen LogP contribution in [0.25, 0.3) is 0 Å². The zero-order chi connectivity index (χ0) is 25.9. The van der Waals surface area contributed by atoms with Gasteiger partial charge in [0.1, 0.15) is 35.1 Å². The summed E-state index contributed by atoms with van der Waals surface area (Å²) in [7, 11) is 18.3. The number of hydrogen-bond donors (Lipinski definition) is 1. The molecule has 2 amide bonds. The maximum atomic E-state index is 13.9. The number of ether oxygens (including phenoxy) is 2. The molecule has 2 aromatic carbocycles. The smallest absolute Gasteiger partial charge is 0.335 e. The predicted molar refractivity (Wildman–Crippen MR) is 145 cm³/mol. The molecule has 0 atom stereocenters. The molecule has 2 N–H and O–H groups in total. The summed E-state index contributed by atoms with van der Waals surface area (Å²) in [5.74, 6) is 1.27. The van der Waals surface area contributed by atoms with E-state index >= 15 is 0 Å². The van der Waals surface area contributed by atoms with Crippen LogP contribution in [-0.2, 0) is 6.54 Å². The van der Waals surface area contributed by atoms with E-state index in [1.807, 2.05) is 19.1 Å². The maximum Gasteiger partial charge on any atom is 0.335 e. The largest absolute Gasteiger partial charge is 0.516 e. The number of anilines is 4. The first-order valence-corrected chi connectivity index (χ1v) is 11.4. The molecule has 4 rings (SSSR count). The number of carbonyl (C=O) groups excluding carboxylic acids is 1. The number of aliphatic imine (C=N–C) groups is 1. The van der Waals surface area contributed by atoms with Crippen molar-refractivity contribution < 1.29 is 14.3 Å². The van der Waals surface area contributed by atoms with E-state index in [4.69, 9.17) is 38.7 Å². The fourth-order valence-electron chi connectivity index (χ4n) is 3.80. The van der Waals surface area contributed by atoms with Crippen LogP contribution in [0.4, 0.5) is 27.7 Å².